The quantitative estimate of drug-likeness (QED) is 0.447. The third-order valence-corrected chi connectivity index (χ3v) is 7.54. The molecule has 1 saturated heterocycles. The summed E-state index contributed by atoms with van der Waals surface area (Å²) in [5.74, 6) is -1.59. The molecule has 0 bridgehead atoms. The molecule has 3 atom stereocenters. The van der Waals surface area contributed by atoms with E-state index >= 15 is 0 Å². The predicted molar refractivity (Wildman–Crippen MR) is 91.0 cm³/mol. The second-order valence-electron chi connectivity index (χ2n) is 8.80. The van der Waals surface area contributed by atoms with Gasteiger partial charge >= 0.3 is 12.4 Å². The molecule has 3 unspecified atom stereocenters. The Balaban J connectivity index is 2.96. The molecule has 0 amide bonds. The van der Waals surface area contributed by atoms with Crippen LogP contribution in [0.25, 0.3) is 0 Å². The first-order valence-corrected chi connectivity index (χ1v) is 10.4. The van der Waals surface area contributed by atoms with Gasteiger partial charge in [0, 0.05) is 0 Å². The smallest absolute Gasteiger partial charge is 0.374 e. The van der Waals surface area contributed by atoms with Crippen LogP contribution in [0.5, 0.6) is 0 Å². The number of rotatable bonds is 7. The van der Waals surface area contributed by atoms with Crippen LogP contribution in [0.15, 0.2) is 0 Å². The second kappa shape index (κ2) is 7.61. The van der Waals surface area contributed by atoms with Crippen LogP contribution in [0.1, 0.15) is 66.7 Å². The summed E-state index contributed by atoms with van der Waals surface area (Å²) in [6, 6.07) is 0. The molecule has 1 fully saturated rings. The first-order valence-electron chi connectivity index (χ1n) is 9.01. The van der Waals surface area contributed by atoms with Gasteiger partial charge in [-0.3, -0.25) is 4.18 Å². The van der Waals surface area contributed by atoms with Gasteiger partial charge in [0.2, 0.25) is 0 Å². The van der Waals surface area contributed by atoms with E-state index in [1.165, 1.54) is 13.8 Å². The van der Waals surface area contributed by atoms with Crippen LogP contribution in [0, 0.1) is 11.8 Å². The van der Waals surface area contributed by atoms with Crippen LogP contribution in [-0.2, 0) is 14.3 Å². The summed E-state index contributed by atoms with van der Waals surface area (Å²) in [4.78, 5) is 0. The Morgan fingerprint density at radius 2 is 1.54 bits per heavy atom. The maximum atomic E-state index is 12.9. The molecule has 0 radical (unpaired) electrons. The maximum Gasteiger partial charge on any atom is 0.426 e. The topological polar surface area (TPSA) is 63.6 Å². The Labute approximate surface area is 161 Å². The fourth-order valence-electron chi connectivity index (χ4n) is 4.14. The Bertz CT molecular complexity index is 642. The third-order valence-electron chi connectivity index (χ3n) is 5.35. The largest absolute Gasteiger partial charge is 0.426 e. The van der Waals surface area contributed by atoms with Crippen molar-refractivity contribution in [1.82, 2.24) is 0 Å². The number of halogens is 6. The highest BCUT2D eigenvalue weighted by atomic mass is 32.2. The van der Waals surface area contributed by atoms with Gasteiger partial charge in [-0.2, -0.15) is 34.8 Å². The molecule has 11 heteroatoms. The van der Waals surface area contributed by atoms with Gasteiger partial charge in [-0.05, 0) is 58.3 Å². The third kappa shape index (κ3) is 5.13. The first kappa shape index (κ1) is 25.5. The lowest BCUT2D eigenvalue weighted by molar-refractivity contribution is -0.372. The molecule has 1 heterocycles. The van der Waals surface area contributed by atoms with Crippen LogP contribution < -0.4 is 0 Å². The van der Waals surface area contributed by atoms with Crippen LogP contribution in [0.4, 0.5) is 26.3 Å². The van der Waals surface area contributed by atoms with E-state index < -0.39 is 56.7 Å². The minimum absolute atomic E-state index is 0.0517. The Morgan fingerprint density at radius 1 is 1.07 bits per heavy atom. The molecule has 1 aliphatic rings. The molecule has 1 rings (SSSR count). The summed E-state index contributed by atoms with van der Waals surface area (Å²) < 4.78 is 106. The van der Waals surface area contributed by atoms with E-state index in [1.54, 1.807) is 20.8 Å². The fraction of sp³-hybridized carbons (Fsp3) is 1.00. The molecule has 1 aliphatic heterocycles. The summed E-state index contributed by atoms with van der Waals surface area (Å²) in [6.07, 6.45) is -12.8. The molecule has 0 aromatic carbocycles. The van der Waals surface area contributed by atoms with Gasteiger partial charge < -0.3 is 5.11 Å². The van der Waals surface area contributed by atoms with Gasteiger partial charge in [0.05, 0.1) is 10.3 Å². The number of hydrogen-bond donors (Lipinski definition) is 1. The minimum atomic E-state index is -5.86. The van der Waals surface area contributed by atoms with Crippen molar-refractivity contribution >= 4 is 10.1 Å². The van der Waals surface area contributed by atoms with Crippen molar-refractivity contribution in [2.75, 3.05) is 0 Å². The first-order chi connectivity index (χ1) is 12.2. The average Bonchev–Trinajstić information content (AvgIpc) is 2.58. The summed E-state index contributed by atoms with van der Waals surface area (Å²) in [5, 5.41) is 9.36. The van der Waals surface area contributed by atoms with Crippen LogP contribution in [-0.4, -0.2) is 41.8 Å². The maximum absolute atomic E-state index is 12.9. The van der Waals surface area contributed by atoms with Crippen molar-refractivity contribution in [3.8, 4) is 0 Å². The van der Waals surface area contributed by atoms with Gasteiger partial charge in [-0.25, -0.2) is 0 Å². The molecule has 0 saturated carbocycles. The molecule has 0 aliphatic carbocycles. The highest BCUT2D eigenvalue weighted by Crippen LogP contribution is 2.49. The van der Waals surface area contributed by atoms with Crippen molar-refractivity contribution < 1.29 is 44.0 Å². The standard InChI is InChI=1S/C17H28F6O4S/c1-6-12(9-14(5)10-13(3,4)27-28(14,25)26)7-11(2)8-15(24,16(18,19)20)17(21,22)23/h11-12,24H,6-10H2,1-5H3. The van der Waals surface area contributed by atoms with Gasteiger partial charge in [0.25, 0.3) is 15.7 Å². The molecule has 28 heavy (non-hydrogen) atoms. The molecule has 0 spiro atoms. The van der Waals surface area contributed by atoms with E-state index in [0.717, 1.165) is 0 Å². The van der Waals surface area contributed by atoms with Crippen molar-refractivity contribution in [3.63, 3.8) is 0 Å². The van der Waals surface area contributed by atoms with Gasteiger partial charge in [0.1, 0.15) is 0 Å². The molecule has 1 N–H and O–H groups in total. The van der Waals surface area contributed by atoms with E-state index in [1.807, 2.05) is 0 Å². The summed E-state index contributed by atoms with van der Waals surface area (Å²) in [6.45, 7) is 7.57. The lowest BCUT2D eigenvalue weighted by Crippen LogP contribution is -2.57. The zero-order valence-electron chi connectivity index (χ0n) is 16.5. The fourth-order valence-corrected chi connectivity index (χ4v) is 5.96. The predicted octanol–water partition coefficient (Wildman–Crippen LogP) is 4.96. The molecular weight excluding hydrogens is 414 g/mol. The molecular formula is C17H28F6O4S. The zero-order chi connectivity index (χ0) is 22.4. The number of aliphatic hydroxyl groups is 1. The molecule has 0 aromatic heterocycles. The van der Waals surface area contributed by atoms with Crippen molar-refractivity contribution in [2.24, 2.45) is 11.8 Å². The van der Waals surface area contributed by atoms with Gasteiger partial charge in [-0.1, -0.05) is 20.3 Å². The summed E-state index contributed by atoms with van der Waals surface area (Å²) in [5.41, 5.74) is -5.73. The number of hydrogen-bond acceptors (Lipinski definition) is 4. The van der Waals surface area contributed by atoms with E-state index in [4.69, 9.17) is 4.18 Å². The van der Waals surface area contributed by atoms with Gasteiger partial charge in [-0.15, -0.1) is 0 Å². The van der Waals surface area contributed by atoms with E-state index in [2.05, 4.69) is 0 Å². The molecule has 0 aromatic rings. The van der Waals surface area contributed by atoms with E-state index in [-0.39, 0.29) is 19.3 Å². The van der Waals surface area contributed by atoms with E-state index in [0.29, 0.717) is 6.42 Å². The second-order valence-corrected chi connectivity index (χ2v) is 10.9. The average molecular weight is 442 g/mol. The van der Waals surface area contributed by atoms with Crippen LogP contribution >= 0.6 is 0 Å². The summed E-state index contributed by atoms with van der Waals surface area (Å²) >= 11 is 0. The highest BCUT2D eigenvalue weighted by molar-refractivity contribution is 7.88. The lowest BCUT2D eigenvalue weighted by Gasteiger charge is -2.35. The normalized spacial score (nSPS) is 27.6. The Morgan fingerprint density at radius 3 is 1.86 bits per heavy atom. The van der Waals surface area contributed by atoms with Crippen molar-refractivity contribution in [2.45, 2.75) is 95.0 Å². The van der Waals surface area contributed by atoms with Crippen molar-refractivity contribution in [1.29, 1.82) is 0 Å². The molecule has 4 nitrogen and oxygen atoms in total. The Hall–Kier alpha value is -0.550. The SMILES string of the molecule is CCC(CC(C)CC(O)(C(F)(F)F)C(F)(F)F)CC1(C)CC(C)(C)OS1(=O)=O. The molecule has 168 valence electrons. The number of alkyl halides is 6. The zero-order valence-corrected chi connectivity index (χ0v) is 17.4. The van der Waals surface area contributed by atoms with Crippen LogP contribution in [0.3, 0.4) is 0 Å². The Kier molecular flexibility index (Phi) is 6.93. The lowest BCUT2D eigenvalue weighted by atomic mass is 9.79. The van der Waals surface area contributed by atoms with Crippen molar-refractivity contribution in [3.05, 3.63) is 0 Å². The summed E-state index contributed by atoms with van der Waals surface area (Å²) in [7, 11) is -3.93. The van der Waals surface area contributed by atoms with E-state index in [9.17, 15) is 39.9 Å². The van der Waals surface area contributed by atoms with Gasteiger partial charge in [0.15, 0.2) is 0 Å². The highest BCUT2D eigenvalue weighted by Gasteiger charge is 2.70. The minimum Gasteiger partial charge on any atom is -0.374 e. The monoisotopic (exact) mass is 442 g/mol. The van der Waals surface area contributed by atoms with Crippen LogP contribution in [0.2, 0.25) is 0 Å².